The fourth-order valence-electron chi connectivity index (χ4n) is 4.90. The maximum absolute atomic E-state index is 14.8. The summed E-state index contributed by atoms with van der Waals surface area (Å²) < 4.78 is 49.4. The Morgan fingerprint density at radius 1 is 0.886 bits per heavy atom. The lowest BCUT2D eigenvalue weighted by Crippen LogP contribution is -2.24. The zero-order valence-electron chi connectivity index (χ0n) is 20.3. The highest BCUT2D eigenvalue weighted by molar-refractivity contribution is 5.90. The quantitative estimate of drug-likeness (QED) is 0.319. The average Bonchev–Trinajstić information content (AvgIpc) is 2.87. The molecule has 0 saturated heterocycles. The molecule has 0 amide bonds. The second-order valence-corrected chi connectivity index (χ2v) is 9.32. The van der Waals surface area contributed by atoms with Gasteiger partial charge in [-0.05, 0) is 78.8 Å². The molecule has 1 fully saturated rings. The summed E-state index contributed by atoms with van der Waals surface area (Å²) in [6.45, 7) is 4.00. The standard InChI is InChI=1S/C30H31F3O2/c1-3-5-19-6-8-22(9-7-19)25-16-17-26(29(33)28(25)32)30(34)35-24-14-12-21(13-15-24)23-11-10-20(4-2)27(31)18-23/h6-11,16-18,21,24H,3-5,12-15H2,1-2H3. The minimum Gasteiger partial charge on any atom is -0.459 e. The van der Waals surface area contributed by atoms with E-state index in [0.717, 1.165) is 36.8 Å². The molecule has 1 aliphatic carbocycles. The SMILES string of the molecule is CCCc1ccc(-c2ccc(C(=O)OC3CCC(c4ccc(CC)c(F)c4)CC3)c(F)c2F)cc1. The summed E-state index contributed by atoms with van der Waals surface area (Å²) in [5.41, 5.74) is 3.07. The molecule has 0 spiro atoms. The first-order chi connectivity index (χ1) is 16.9. The number of carbonyl (C=O) groups excluding carboxylic acids is 1. The maximum Gasteiger partial charge on any atom is 0.341 e. The number of esters is 1. The van der Waals surface area contributed by atoms with Gasteiger partial charge in [0.2, 0.25) is 0 Å². The molecule has 1 saturated carbocycles. The van der Waals surface area contributed by atoms with E-state index in [2.05, 4.69) is 6.92 Å². The molecule has 0 bridgehead atoms. The highest BCUT2D eigenvalue weighted by Gasteiger charge is 2.28. The number of hydrogen-bond donors (Lipinski definition) is 0. The third-order valence-corrected chi connectivity index (χ3v) is 6.98. The smallest absolute Gasteiger partial charge is 0.341 e. The van der Waals surface area contributed by atoms with Crippen LogP contribution < -0.4 is 0 Å². The van der Waals surface area contributed by atoms with Crippen LogP contribution in [0.5, 0.6) is 0 Å². The molecule has 3 aromatic carbocycles. The van der Waals surface area contributed by atoms with Crippen molar-refractivity contribution < 1.29 is 22.7 Å². The zero-order valence-corrected chi connectivity index (χ0v) is 20.3. The third-order valence-electron chi connectivity index (χ3n) is 6.98. The van der Waals surface area contributed by atoms with Crippen molar-refractivity contribution in [2.45, 2.75) is 70.8 Å². The largest absolute Gasteiger partial charge is 0.459 e. The lowest BCUT2D eigenvalue weighted by Gasteiger charge is -2.29. The van der Waals surface area contributed by atoms with Crippen molar-refractivity contribution in [3.05, 3.63) is 94.3 Å². The predicted octanol–water partition coefficient (Wildman–Crippen LogP) is 8.17. The molecular formula is C30H31F3O2. The van der Waals surface area contributed by atoms with E-state index >= 15 is 0 Å². The van der Waals surface area contributed by atoms with Crippen molar-refractivity contribution in [2.75, 3.05) is 0 Å². The van der Waals surface area contributed by atoms with Crippen LogP contribution in [0, 0.1) is 17.5 Å². The number of rotatable bonds is 7. The number of aryl methyl sites for hydroxylation is 2. The second kappa shape index (κ2) is 11.1. The molecule has 0 atom stereocenters. The topological polar surface area (TPSA) is 26.3 Å². The first-order valence-corrected chi connectivity index (χ1v) is 12.5. The van der Waals surface area contributed by atoms with Crippen LogP contribution in [0.25, 0.3) is 11.1 Å². The van der Waals surface area contributed by atoms with Gasteiger partial charge in [-0.2, -0.15) is 0 Å². The lowest BCUT2D eigenvalue weighted by molar-refractivity contribution is 0.0189. The molecule has 0 aliphatic heterocycles. The van der Waals surface area contributed by atoms with Crippen LogP contribution in [0.3, 0.4) is 0 Å². The molecule has 0 N–H and O–H groups in total. The monoisotopic (exact) mass is 480 g/mol. The van der Waals surface area contributed by atoms with E-state index in [1.165, 1.54) is 12.1 Å². The van der Waals surface area contributed by atoms with Crippen molar-refractivity contribution in [3.8, 4) is 11.1 Å². The number of hydrogen-bond acceptors (Lipinski definition) is 2. The number of carbonyl (C=O) groups is 1. The van der Waals surface area contributed by atoms with E-state index < -0.39 is 23.2 Å². The van der Waals surface area contributed by atoms with Crippen LogP contribution in [-0.4, -0.2) is 12.1 Å². The molecule has 0 aromatic heterocycles. The van der Waals surface area contributed by atoms with E-state index in [4.69, 9.17) is 4.74 Å². The van der Waals surface area contributed by atoms with Crippen LogP contribution in [0.2, 0.25) is 0 Å². The summed E-state index contributed by atoms with van der Waals surface area (Å²) in [5.74, 6) is -3.08. The van der Waals surface area contributed by atoms with Gasteiger partial charge in [0.15, 0.2) is 11.6 Å². The Labute approximate surface area is 205 Å². The molecule has 35 heavy (non-hydrogen) atoms. The van der Waals surface area contributed by atoms with Crippen molar-refractivity contribution in [2.24, 2.45) is 0 Å². The van der Waals surface area contributed by atoms with Gasteiger partial charge >= 0.3 is 5.97 Å². The van der Waals surface area contributed by atoms with E-state index in [9.17, 15) is 18.0 Å². The number of ether oxygens (including phenoxy) is 1. The van der Waals surface area contributed by atoms with Gasteiger partial charge in [-0.1, -0.05) is 62.7 Å². The van der Waals surface area contributed by atoms with Crippen LogP contribution in [0.1, 0.15) is 78.9 Å². The first kappa shape index (κ1) is 25.0. The van der Waals surface area contributed by atoms with Crippen molar-refractivity contribution in [3.63, 3.8) is 0 Å². The highest BCUT2D eigenvalue weighted by Crippen LogP contribution is 2.35. The summed E-state index contributed by atoms with van der Waals surface area (Å²) in [5, 5.41) is 0. The molecule has 184 valence electrons. The van der Waals surface area contributed by atoms with E-state index in [-0.39, 0.29) is 23.4 Å². The van der Waals surface area contributed by atoms with Crippen LogP contribution in [0.4, 0.5) is 13.2 Å². The Kier molecular flexibility index (Phi) is 7.94. The minimum absolute atomic E-state index is 0.115. The summed E-state index contributed by atoms with van der Waals surface area (Å²) >= 11 is 0. The molecule has 2 nitrogen and oxygen atoms in total. The van der Waals surface area contributed by atoms with Gasteiger partial charge in [0.25, 0.3) is 0 Å². The van der Waals surface area contributed by atoms with E-state index in [1.54, 1.807) is 18.2 Å². The van der Waals surface area contributed by atoms with Crippen molar-refractivity contribution in [1.82, 2.24) is 0 Å². The van der Waals surface area contributed by atoms with Crippen LogP contribution in [0.15, 0.2) is 54.6 Å². The molecule has 3 aromatic rings. The third kappa shape index (κ3) is 5.61. The van der Waals surface area contributed by atoms with Gasteiger partial charge in [0.05, 0.1) is 5.56 Å². The molecule has 5 heteroatoms. The maximum atomic E-state index is 14.8. The Hall–Kier alpha value is -3.08. The first-order valence-electron chi connectivity index (χ1n) is 12.5. The van der Waals surface area contributed by atoms with Gasteiger partial charge in [0, 0.05) is 5.56 Å². The summed E-state index contributed by atoms with van der Waals surface area (Å²) in [6.07, 6.45) is 4.89. The summed E-state index contributed by atoms with van der Waals surface area (Å²) in [7, 11) is 0. The minimum atomic E-state index is -1.19. The average molecular weight is 481 g/mol. The fraction of sp³-hybridized carbons (Fsp3) is 0.367. The molecule has 4 rings (SSSR count). The van der Waals surface area contributed by atoms with Gasteiger partial charge < -0.3 is 4.74 Å². The predicted molar refractivity (Wildman–Crippen MR) is 132 cm³/mol. The van der Waals surface area contributed by atoms with Gasteiger partial charge in [-0.15, -0.1) is 0 Å². The second-order valence-electron chi connectivity index (χ2n) is 9.32. The van der Waals surface area contributed by atoms with E-state index in [1.807, 2.05) is 31.2 Å². The van der Waals surface area contributed by atoms with Gasteiger partial charge in [0.1, 0.15) is 11.9 Å². The van der Waals surface area contributed by atoms with Crippen molar-refractivity contribution in [1.29, 1.82) is 0 Å². The van der Waals surface area contributed by atoms with Gasteiger partial charge in [-0.25, -0.2) is 18.0 Å². The van der Waals surface area contributed by atoms with E-state index in [0.29, 0.717) is 30.4 Å². The van der Waals surface area contributed by atoms with Crippen molar-refractivity contribution >= 4 is 5.97 Å². The highest BCUT2D eigenvalue weighted by atomic mass is 19.2. The normalized spacial score (nSPS) is 17.9. The lowest BCUT2D eigenvalue weighted by atomic mass is 9.82. The molecular weight excluding hydrogens is 449 g/mol. The van der Waals surface area contributed by atoms with Crippen LogP contribution in [-0.2, 0) is 17.6 Å². The molecule has 0 radical (unpaired) electrons. The zero-order chi connectivity index (χ0) is 24.9. The molecule has 0 heterocycles. The van der Waals surface area contributed by atoms with Gasteiger partial charge in [-0.3, -0.25) is 0 Å². The Morgan fingerprint density at radius 3 is 2.23 bits per heavy atom. The Morgan fingerprint density at radius 2 is 1.60 bits per heavy atom. The number of benzene rings is 3. The molecule has 0 unspecified atom stereocenters. The fourth-order valence-corrected chi connectivity index (χ4v) is 4.90. The molecule has 1 aliphatic rings. The number of halogens is 3. The summed E-state index contributed by atoms with van der Waals surface area (Å²) in [4.78, 5) is 12.6. The Bertz CT molecular complexity index is 1180. The van der Waals surface area contributed by atoms with Crippen LogP contribution >= 0.6 is 0 Å². The summed E-state index contributed by atoms with van der Waals surface area (Å²) in [6, 6.07) is 15.5. The Balaban J connectivity index is 1.39.